The molecule has 0 radical (unpaired) electrons. The van der Waals surface area contributed by atoms with E-state index in [9.17, 15) is 4.79 Å². The third-order valence-electron chi connectivity index (χ3n) is 1.45. The molecule has 0 unspecified atom stereocenters. The van der Waals surface area contributed by atoms with Crippen molar-refractivity contribution in [1.29, 1.82) is 0 Å². The number of hydrogen-bond donors (Lipinski definition) is 1. The minimum atomic E-state index is -1.12. The summed E-state index contributed by atoms with van der Waals surface area (Å²) in [6.07, 6.45) is 7.37. The first kappa shape index (κ1) is 10.7. The van der Waals surface area contributed by atoms with E-state index in [2.05, 4.69) is 9.97 Å². The lowest BCUT2D eigenvalue weighted by Crippen LogP contribution is -2.02. The molecule has 0 saturated heterocycles. The van der Waals surface area contributed by atoms with Gasteiger partial charge in [0.2, 0.25) is 5.82 Å². The molecule has 1 N–H and O–H groups in total. The van der Waals surface area contributed by atoms with Crippen LogP contribution in [0, 0.1) is 0 Å². The second-order valence-electron chi connectivity index (χ2n) is 2.53. The Morgan fingerprint density at radius 1 is 1.50 bits per heavy atom. The van der Waals surface area contributed by atoms with Crippen molar-refractivity contribution >= 4 is 23.6 Å². The quantitative estimate of drug-likeness (QED) is 0.774. The van der Waals surface area contributed by atoms with Crippen LogP contribution < -0.4 is 0 Å². The molecule has 1 aromatic heterocycles. The van der Waals surface area contributed by atoms with Gasteiger partial charge in [0, 0.05) is 23.8 Å². The zero-order valence-corrected chi connectivity index (χ0v) is 8.11. The summed E-state index contributed by atoms with van der Waals surface area (Å²) < 4.78 is 0. The van der Waals surface area contributed by atoms with E-state index in [1.807, 2.05) is 6.08 Å². The lowest BCUT2D eigenvalue weighted by atomic mass is 10.3. The van der Waals surface area contributed by atoms with Gasteiger partial charge in [-0.05, 0) is 6.42 Å². The molecule has 14 heavy (non-hydrogen) atoms. The lowest BCUT2D eigenvalue weighted by Gasteiger charge is -1.93. The summed E-state index contributed by atoms with van der Waals surface area (Å²) in [6, 6.07) is 0. The van der Waals surface area contributed by atoms with E-state index >= 15 is 0 Å². The molecule has 0 bridgehead atoms. The van der Waals surface area contributed by atoms with Crippen LogP contribution in [-0.2, 0) is 0 Å². The van der Waals surface area contributed by atoms with Crippen molar-refractivity contribution in [3.8, 4) is 0 Å². The number of carboxylic acids is 1. The van der Waals surface area contributed by atoms with Gasteiger partial charge in [0.25, 0.3) is 0 Å². The van der Waals surface area contributed by atoms with Gasteiger partial charge < -0.3 is 5.11 Å². The van der Waals surface area contributed by atoms with Crippen LogP contribution in [0.1, 0.15) is 22.6 Å². The standard InChI is InChI=1S/C9H9ClN2O2/c10-4-2-1-3-7-5-11-8(9(13)14)12-6-7/h1,3,5-6H,2,4H2,(H,13,14). The van der Waals surface area contributed by atoms with E-state index in [4.69, 9.17) is 16.7 Å². The molecule has 0 atom stereocenters. The van der Waals surface area contributed by atoms with Crippen molar-refractivity contribution in [2.75, 3.05) is 5.88 Å². The van der Waals surface area contributed by atoms with E-state index in [0.717, 1.165) is 12.0 Å². The van der Waals surface area contributed by atoms with Gasteiger partial charge >= 0.3 is 5.97 Å². The summed E-state index contributed by atoms with van der Waals surface area (Å²) >= 11 is 5.47. The fourth-order valence-electron chi connectivity index (χ4n) is 0.817. The highest BCUT2D eigenvalue weighted by molar-refractivity contribution is 6.17. The molecule has 1 heterocycles. The molecular weight excluding hydrogens is 204 g/mol. The average molecular weight is 213 g/mol. The van der Waals surface area contributed by atoms with Crippen LogP contribution in [0.25, 0.3) is 6.08 Å². The number of hydrogen-bond acceptors (Lipinski definition) is 3. The highest BCUT2D eigenvalue weighted by Crippen LogP contribution is 2.00. The van der Waals surface area contributed by atoms with Gasteiger partial charge in [0.05, 0.1) is 0 Å². The van der Waals surface area contributed by atoms with Crippen LogP contribution in [0.5, 0.6) is 0 Å². The lowest BCUT2D eigenvalue weighted by molar-refractivity contribution is 0.0683. The van der Waals surface area contributed by atoms with Gasteiger partial charge in [-0.15, -0.1) is 11.6 Å². The van der Waals surface area contributed by atoms with Gasteiger partial charge in [-0.3, -0.25) is 0 Å². The van der Waals surface area contributed by atoms with Crippen molar-refractivity contribution in [2.24, 2.45) is 0 Å². The normalized spacial score (nSPS) is 10.6. The Morgan fingerprint density at radius 3 is 2.64 bits per heavy atom. The minimum Gasteiger partial charge on any atom is -0.475 e. The van der Waals surface area contributed by atoms with Crippen LogP contribution in [0.3, 0.4) is 0 Å². The molecule has 0 aliphatic rings. The Balaban J connectivity index is 2.68. The Hall–Kier alpha value is -1.42. The summed E-state index contributed by atoms with van der Waals surface area (Å²) in [6.45, 7) is 0. The fourth-order valence-corrected chi connectivity index (χ4v) is 0.943. The molecule has 0 aliphatic heterocycles. The first-order valence-electron chi connectivity index (χ1n) is 4.02. The van der Waals surface area contributed by atoms with Crippen LogP contribution in [0.4, 0.5) is 0 Å². The van der Waals surface area contributed by atoms with Crippen LogP contribution >= 0.6 is 11.6 Å². The second-order valence-corrected chi connectivity index (χ2v) is 2.90. The topological polar surface area (TPSA) is 63.1 Å². The minimum absolute atomic E-state index is 0.195. The summed E-state index contributed by atoms with van der Waals surface area (Å²) in [4.78, 5) is 17.7. The summed E-state index contributed by atoms with van der Waals surface area (Å²) in [5, 5.41) is 8.53. The third kappa shape index (κ3) is 3.14. The van der Waals surface area contributed by atoms with Gasteiger partial charge in [-0.1, -0.05) is 12.2 Å². The zero-order valence-electron chi connectivity index (χ0n) is 7.35. The first-order chi connectivity index (χ1) is 6.74. The molecule has 0 fully saturated rings. The molecule has 74 valence electrons. The Labute approximate surface area is 86.3 Å². The number of aromatic carboxylic acids is 1. The smallest absolute Gasteiger partial charge is 0.373 e. The van der Waals surface area contributed by atoms with Crippen LogP contribution in [0.15, 0.2) is 18.5 Å². The SMILES string of the molecule is O=C(O)c1ncc(C=CCCCl)cn1. The molecule has 1 aromatic rings. The molecule has 0 aromatic carbocycles. The predicted molar refractivity (Wildman–Crippen MR) is 53.4 cm³/mol. The first-order valence-corrected chi connectivity index (χ1v) is 4.55. The van der Waals surface area contributed by atoms with E-state index in [1.54, 1.807) is 6.08 Å². The Morgan fingerprint density at radius 2 is 2.14 bits per heavy atom. The number of carboxylic acid groups (broad SMARTS) is 1. The van der Waals surface area contributed by atoms with E-state index in [-0.39, 0.29) is 5.82 Å². The molecule has 1 rings (SSSR count). The molecule has 0 saturated carbocycles. The van der Waals surface area contributed by atoms with Crippen molar-refractivity contribution in [3.05, 3.63) is 29.9 Å². The number of carbonyl (C=O) groups is 1. The molecule has 0 spiro atoms. The number of rotatable bonds is 4. The van der Waals surface area contributed by atoms with E-state index in [1.165, 1.54) is 12.4 Å². The van der Waals surface area contributed by atoms with Gasteiger partial charge in [-0.25, -0.2) is 14.8 Å². The summed E-state index contributed by atoms with van der Waals surface area (Å²) in [5.74, 6) is -0.759. The van der Waals surface area contributed by atoms with Crippen LogP contribution in [-0.4, -0.2) is 26.9 Å². The molecule has 0 amide bonds. The Bertz CT molecular complexity index is 335. The monoisotopic (exact) mass is 212 g/mol. The Kier molecular flexibility index (Phi) is 4.07. The second kappa shape index (κ2) is 5.34. The molecule has 4 nitrogen and oxygen atoms in total. The number of aromatic nitrogens is 2. The highest BCUT2D eigenvalue weighted by Gasteiger charge is 2.03. The van der Waals surface area contributed by atoms with Crippen molar-refractivity contribution in [1.82, 2.24) is 9.97 Å². The highest BCUT2D eigenvalue weighted by atomic mass is 35.5. The van der Waals surface area contributed by atoms with Crippen molar-refractivity contribution in [2.45, 2.75) is 6.42 Å². The van der Waals surface area contributed by atoms with Gasteiger partial charge in [0.1, 0.15) is 0 Å². The van der Waals surface area contributed by atoms with E-state index in [0.29, 0.717) is 5.88 Å². The predicted octanol–water partition coefficient (Wildman–Crippen LogP) is 1.82. The number of alkyl halides is 1. The maximum Gasteiger partial charge on any atom is 0.373 e. The van der Waals surface area contributed by atoms with Crippen molar-refractivity contribution in [3.63, 3.8) is 0 Å². The maximum atomic E-state index is 10.4. The van der Waals surface area contributed by atoms with Crippen LogP contribution in [0.2, 0.25) is 0 Å². The number of halogens is 1. The largest absolute Gasteiger partial charge is 0.475 e. The van der Waals surface area contributed by atoms with E-state index < -0.39 is 5.97 Å². The summed E-state index contributed by atoms with van der Waals surface area (Å²) in [5.41, 5.74) is 0.764. The maximum absolute atomic E-state index is 10.4. The molecule has 5 heteroatoms. The number of allylic oxidation sites excluding steroid dienone is 1. The zero-order chi connectivity index (χ0) is 10.4. The van der Waals surface area contributed by atoms with Gasteiger partial charge in [0.15, 0.2) is 0 Å². The fraction of sp³-hybridized carbons (Fsp3) is 0.222. The average Bonchev–Trinajstić information content (AvgIpc) is 2.19. The summed E-state index contributed by atoms with van der Waals surface area (Å²) in [7, 11) is 0. The van der Waals surface area contributed by atoms with Crippen molar-refractivity contribution < 1.29 is 9.90 Å². The molecular formula is C9H9ClN2O2. The third-order valence-corrected chi connectivity index (χ3v) is 1.67. The number of nitrogens with zero attached hydrogens (tertiary/aromatic N) is 2. The van der Waals surface area contributed by atoms with Gasteiger partial charge in [-0.2, -0.15) is 0 Å². The molecule has 0 aliphatic carbocycles.